The van der Waals surface area contributed by atoms with Gasteiger partial charge in [-0.05, 0) is 43.0 Å². The van der Waals surface area contributed by atoms with Crippen molar-refractivity contribution in [1.82, 2.24) is 9.97 Å². The summed E-state index contributed by atoms with van der Waals surface area (Å²) in [7, 11) is 1.63. The normalized spacial score (nSPS) is 19.2. The zero-order chi connectivity index (χ0) is 16.7. The number of pyridine rings is 2. The largest absolute Gasteiger partial charge is 0.495 e. The molecule has 2 heterocycles. The maximum Gasteiger partial charge on any atom is 0.137 e. The van der Waals surface area contributed by atoms with E-state index in [1.165, 1.54) is 0 Å². The average molecular weight is 331 g/mol. The van der Waals surface area contributed by atoms with E-state index in [-0.39, 0.29) is 0 Å². The van der Waals surface area contributed by atoms with Crippen LogP contribution in [0.5, 0.6) is 5.75 Å². The second-order valence-electron chi connectivity index (χ2n) is 5.29. The fraction of sp³-hybridized carbons (Fsp3) is 0.353. The molecule has 2 aromatic rings. The van der Waals surface area contributed by atoms with Crippen LogP contribution in [0, 0.1) is 0 Å². The highest BCUT2D eigenvalue weighted by molar-refractivity contribution is 7.77. The van der Waals surface area contributed by atoms with Crippen molar-refractivity contribution in [3.05, 3.63) is 42.4 Å². The van der Waals surface area contributed by atoms with Gasteiger partial charge in [-0.3, -0.25) is 9.97 Å². The zero-order valence-electron chi connectivity index (χ0n) is 13.1. The molecule has 6 heteroatoms. The van der Waals surface area contributed by atoms with Crippen molar-refractivity contribution in [2.45, 2.75) is 31.6 Å². The summed E-state index contributed by atoms with van der Waals surface area (Å²) in [5, 5.41) is 0. The SMILES string of the molecule is C=S.COc1ccc(-c2ccc(COC3CC(N)C3)nc2)nc1. The molecule has 1 aliphatic rings. The molecule has 0 spiro atoms. The van der Waals surface area contributed by atoms with Gasteiger partial charge in [0.15, 0.2) is 0 Å². The first-order valence-corrected chi connectivity index (χ1v) is 7.93. The number of nitrogens with zero attached hydrogens (tertiary/aromatic N) is 2. The van der Waals surface area contributed by atoms with Crippen LogP contribution in [0.3, 0.4) is 0 Å². The molecule has 0 aromatic carbocycles. The molecule has 0 saturated heterocycles. The van der Waals surface area contributed by atoms with Crippen molar-refractivity contribution in [1.29, 1.82) is 0 Å². The third-order valence-corrected chi connectivity index (χ3v) is 3.69. The minimum absolute atomic E-state index is 0.296. The predicted molar refractivity (Wildman–Crippen MR) is 94.5 cm³/mol. The smallest absolute Gasteiger partial charge is 0.137 e. The van der Waals surface area contributed by atoms with E-state index in [1.807, 2.05) is 30.5 Å². The van der Waals surface area contributed by atoms with Gasteiger partial charge in [-0.15, -0.1) is 0 Å². The highest BCUT2D eigenvalue weighted by Crippen LogP contribution is 2.23. The third kappa shape index (κ3) is 4.79. The second kappa shape index (κ2) is 8.67. The van der Waals surface area contributed by atoms with Gasteiger partial charge in [-0.1, -0.05) is 12.2 Å². The number of hydrogen-bond acceptors (Lipinski definition) is 6. The number of nitrogens with two attached hydrogens (primary N) is 1. The Morgan fingerprint density at radius 3 is 2.48 bits per heavy atom. The maximum absolute atomic E-state index is 5.74. The minimum Gasteiger partial charge on any atom is -0.495 e. The summed E-state index contributed by atoms with van der Waals surface area (Å²) in [6.45, 7) is 0.535. The molecule has 2 aromatic heterocycles. The highest BCUT2D eigenvalue weighted by atomic mass is 32.1. The molecular weight excluding hydrogens is 310 g/mol. The molecule has 3 rings (SSSR count). The summed E-state index contributed by atoms with van der Waals surface area (Å²) < 4.78 is 10.8. The van der Waals surface area contributed by atoms with E-state index in [0.717, 1.165) is 35.5 Å². The van der Waals surface area contributed by atoms with Gasteiger partial charge in [-0.2, -0.15) is 0 Å². The topological polar surface area (TPSA) is 70.3 Å². The molecule has 122 valence electrons. The van der Waals surface area contributed by atoms with Crippen LogP contribution >= 0.6 is 12.2 Å². The Morgan fingerprint density at radius 2 is 1.96 bits per heavy atom. The molecule has 1 fully saturated rings. The van der Waals surface area contributed by atoms with E-state index < -0.39 is 0 Å². The summed E-state index contributed by atoms with van der Waals surface area (Å²) in [6, 6.07) is 8.10. The summed E-state index contributed by atoms with van der Waals surface area (Å²) >= 11 is 3.83. The number of hydrogen-bond donors (Lipinski definition) is 1. The molecule has 1 aliphatic carbocycles. The molecule has 0 atom stereocenters. The number of ether oxygens (including phenoxy) is 2. The van der Waals surface area contributed by atoms with Gasteiger partial charge in [-0.25, -0.2) is 0 Å². The van der Waals surface area contributed by atoms with Crippen LogP contribution in [-0.2, 0) is 11.3 Å². The van der Waals surface area contributed by atoms with Crippen molar-refractivity contribution in [2.24, 2.45) is 5.73 Å². The number of methoxy groups -OCH3 is 1. The molecule has 1 saturated carbocycles. The summed E-state index contributed by atoms with van der Waals surface area (Å²) in [5.74, 6) is 3.58. The van der Waals surface area contributed by atoms with Gasteiger partial charge >= 0.3 is 0 Å². The van der Waals surface area contributed by atoms with Crippen molar-refractivity contribution >= 4 is 18.1 Å². The van der Waals surface area contributed by atoms with Crippen LogP contribution in [0.1, 0.15) is 18.5 Å². The molecule has 0 amide bonds. The molecular formula is C17H21N3O2S. The predicted octanol–water partition coefficient (Wildman–Crippen LogP) is 2.77. The zero-order valence-corrected chi connectivity index (χ0v) is 14.0. The molecule has 23 heavy (non-hydrogen) atoms. The highest BCUT2D eigenvalue weighted by Gasteiger charge is 2.26. The first kappa shape index (κ1) is 17.5. The summed E-state index contributed by atoms with van der Waals surface area (Å²) in [5.41, 5.74) is 8.51. The van der Waals surface area contributed by atoms with Crippen LogP contribution < -0.4 is 10.5 Å². The van der Waals surface area contributed by atoms with Crippen molar-refractivity contribution in [2.75, 3.05) is 7.11 Å². The van der Waals surface area contributed by atoms with Crippen LogP contribution in [0.25, 0.3) is 11.3 Å². The Kier molecular flexibility index (Phi) is 6.58. The monoisotopic (exact) mass is 331 g/mol. The quantitative estimate of drug-likeness (QED) is 0.850. The molecule has 0 bridgehead atoms. The fourth-order valence-corrected chi connectivity index (χ4v) is 2.28. The molecule has 0 radical (unpaired) electrons. The van der Waals surface area contributed by atoms with Crippen LogP contribution in [0.15, 0.2) is 36.7 Å². The van der Waals surface area contributed by atoms with Crippen molar-refractivity contribution in [3.8, 4) is 17.0 Å². The lowest BCUT2D eigenvalue weighted by Crippen LogP contribution is -2.41. The van der Waals surface area contributed by atoms with Crippen molar-refractivity contribution in [3.63, 3.8) is 0 Å². The number of thiocarbonyl (C=S) groups is 1. The van der Waals surface area contributed by atoms with E-state index in [0.29, 0.717) is 18.8 Å². The molecule has 0 aliphatic heterocycles. The van der Waals surface area contributed by atoms with E-state index in [4.69, 9.17) is 15.2 Å². The fourth-order valence-electron chi connectivity index (χ4n) is 2.28. The lowest BCUT2D eigenvalue weighted by atomic mass is 9.90. The van der Waals surface area contributed by atoms with Gasteiger partial charge in [0.25, 0.3) is 0 Å². The van der Waals surface area contributed by atoms with Crippen LogP contribution in [0.2, 0.25) is 0 Å². The molecule has 0 unspecified atom stereocenters. The van der Waals surface area contributed by atoms with E-state index in [2.05, 4.69) is 28.1 Å². The summed E-state index contributed by atoms with van der Waals surface area (Å²) in [4.78, 5) is 8.76. The Bertz CT molecular complexity index is 598. The molecule has 5 nitrogen and oxygen atoms in total. The van der Waals surface area contributed by atoms with E-state index in [9.17, 15) is 0 Å². The summed E-state index contributed by atoms with van der Waals surface area (Å²) in [6.07, 6.45) is 5.72. The second-order valence-corrected chi connectivity index (χ2v) is 5.29. The molecule has 2 N–H and O–H groups in total. The Balaban J connectivity index is 0.000000924. The average Bonchev–Trinajstić information content (AvgIpc) is 2.60. The first-order chi connectivity index (χ1) is 11.2. The lowest BCUT2D eigenvalue weighted by molar-refractivity contribution is -0.0201. The minimum atomic E-state index is 0.296. The Morgan fingerprint density at radius 1 is 1.17 bits per heavy atom. The van der Waals surface area contributed by atoms with Gasteiger partial charge < -0.3 is 15.2 Å². The van der Waals surface area contributed by atoms with E-state index >= 15 is 0 Å². The van der Waals surface area contributed by atoms with Gasteiger partial charge in [0.2, 0.25) is 0 Å². The number of rotatable bonds is 5. The third-order valence-electron chi connectivity index (χ3n) is 3.69. The van der Waals surface area contributed by atoms with Gasteiger partial charge in [0.05, 0.1) is 37.4 Å². The van der Waals surface area contributed by atoms with Gasteiger partial charge in [0, 0.05) is 17.8 Å². The maximum atomic E-state index is 5.74. The van der Waals surface area contributed by atoms with Crippen molar-refractivity contribution < 1.29 is 9.47 Å². The number of aromatic nitrogens is 2. The van der Waals surface area contributed by atoms with E-state index in [1.54, 1.807) is 13.3 Å². The van der Waals surface area contributed by atoms with Gasteiger partial charge in [0.1, 0.15) is 5.75 Å². The lowest BCUT2D eigenvalue weighted by Gasteiger charge is -2.32. The van der Waals surface area contributed by atoms with Crippen LogP contribution in [-0.4, -0.2) is 35.1 Å². The Labute approximate surface area is 141 Å². The van der Waals surface area contributed by atoms with Crippen LogP contribution in [0.4, 0.5) is 0 Å². The standard InChI is InChI=1S/C16H19N3O2.CH2S/c1-20-14-4-5-16(19-9-14)11-2-3-13(18-8-11)10-21-15-6-12(17)7-15;1-2/h2-5,8-9,12,15H,6-7,10,17H2,1H3;1H2. The Hall–Kier alpha value is -1.89. The first-order valence-electron chi connectivity index (χ1n) is 7.36.